The van der Waals surface area contributed by atoms with E-state index in [9.17, 15) is 29.1 Å². The Bertz CT molecular complexity index is 1710. The molecule has 1 N–H and O–H groups in total. The van der Waals surface area contributed by atoms with Gasteiger partial charge in [0.05, 0.1) is 0 Å². The van der Waals surface area contributed by atoms with E-state index >= 15 is 0 Å². The molecule has 2 fully saturated rings. The third kappa shape index (κ3) is 13.2. The van der Waals surface area contributed by atoms with E-state index in [1.165, 1.54) is 13.0 Å². The van der Waals surface area contributed by atoms with Gasteiger partial charge >= 0.3 is 29.8 Å². The first-order valence-corrected chi connectivity index (χ1v) is 21.1. The van der Waals surface area contributed by atoms with E-state index < -0.39 is 88.4 Å². The first-order chi connectivity index (χ1) is 27.5. The Morgan fingerprint density at radius 3 is 1.98 bits per heavy atom. The summed E-state index contributed by atoms with van der Waals surface area (Å²) in [5, 5.41) is 12.5. The van der Waals surface area contributed by atoms with Crippen LogP contribution < -0.4 is 0 Å². The summed E-state index contributed by atoms with van der Waals surface area (Å²) in [4.78, 5) is 70.0. The predicted molar refractivity (Wildman–Crippen MR) is 224 cm³/mol. The maximum Gasteiger partial charge on any atom is 0.344 e. The molecule has 2 saturated heterocycles. The fourth-order valence-corrected chi connectivity index (χ4v) is 7.61. The molecular weight excluding hydrogens is 773 g/mol. The molecule has 13 heteroatoms. The van der Waals surface area contributed by atoms with Gasteiger partial charge in [-0.2, -0.15) is 0 Å². The van der Waals surface area contributed by atoms with Gasteiger partial charge in [0.15, 0.2) is 12.2 Å². The van der Waals surface area contributed by atoms with E-state index in [0.717, 1.165) is 18.4 Å². The Morgan fingerprint density at radius 1 is 0.883 bits per heavy atom. The normalized spacial score (nSPS) is 26.3. The first-order valence-electron chi connectivity index (χ1n) is 21.1. The van der Waals surface area contributed by atoms with E-state index in [1.807, 2.05) is 44.2 Å². The van der Waals surface area contributed by atoms with E-state index in [1.54, 1.807) is 68.4 Å². The second-order valence-corrected chi connectivity index (χ2v) is 19.5. The van der Waals surface area contributed by atoms with Crippen molar-refractivity contribution in [1.29, 1.82) is 0 Å². The zero-order chi connectivity index (χ0) is 45.6. The fraction of sp³-hybridized carbons (Fsp3) is 0.681. The number of hydrogen-bond donors (Lipinski definition) is 1. The number of carbonyl (C=O) groups is 5. The molecule has 60 heavy (non-hydrogen) atoms. The van der Waals surface area contributed by atoms with Crippen molar-refractivity contribution < 1.29 is 62.2 Å². The molecule has 10 atom stereocenters. The van der Waals surface area contributed by atoms with Gasteiger partial charge in [-0.05, 0) is 105 Å². The first kappa shape index (κ1) is 50.3. The predicted octanol–water partition coefficient (Wildman–Crippen LogP) is 7.54. The number of rotatable bonds is 17. The minimum atomic E-state index is -2.71. The number of esters is 5. The highest BCUT2D eigenvalue weighted by atomic mass is 16.8. The van der Waals surface area contributed by atoms with Crippen molar-refractivity contribution in [3.63, 3.8) is 0 Å². The van der Waals surface area contributed by atoms with Gasteiger partial charge in [0.2, 0.25) is 11.4 Å². The summed E-state index contributed by atoms with van der Waals surface area (Å²) in [5.41, 5.74) is -4.77. The quantitative estimate of drug-likeness (QED) is 0.0707. The molecule has 2 aliphatic rings. The molecule has 0 radical (unpaired) electrons. The molecular formula is C47H70O13. The van der Waals surface area contributed by atoms with Gasteiger partial charge in [-0.25, -0.2) is 14.4 Å². The zero-order valence-corrected chi connectivity index (χ0v) is 38.2. The highest BCUT2D eigenvalue weighted by molar-refractivity contribution is 5.95. The van der Waals surface area contributed by atoms with Crippen molar-refractivity contribution in [2.45, 2.75) is 182 Å². The Morgan fingerprint density at radius 2 is 1.45 bits per heavy atom. The van der Waals surface area contributed by atoms with Crippen LogP contribution in [0.5, 0.6) is 0 Å². The van der Waals surface area contributed by atoms with Gasteiger partial charge in [0.1, 0.15) is 34.9 Å². The Balaban J connectivity index is 2.26. The van der Waals surface area contributed by atoms with Crippen LogP contribution in [0.15, 0.2) is 54.6 Å². The van der Waals surface area contributed by atoms with Crippen LogP contribution in [-0.4, -0.2) is 87.6 Å². The summed E-state index contributed by atoms with van der Waals surface area (Å²) < 4.78 is 42.4. The van der Waals surface area contributed by atoms with Crippen molar-refractivity contribution in [3.8, 4) is 0 Å². The van der Waals surface area contributed by atoms with Crippen LogP contribution in [0, 0.1) is 23.7 Å². The van der Waals surface area contributed by atoms with Crippen LogP contribution in [0.4, 0.5) is 0 Å². The van der Waals surface area contributed by atoms with Crippen molar-refractivity contribution in [3.05, 3.63) is 60.2 Å². The molecule has 2 bridgehead atoms. The van der Waals surface area contributed by atoms with Gasteiger partial charge in [-0.1, -0.05) is 77.1 Å². The lowest BCUT2D eigenvalue weighted by Crippen LogP contribution is -2.68. The SMILES string of the molecule is C=C(CC[C@]12O[C@H](C(=O)OC(C)(C)C)[C@@H](C(=O)OC(C)(C)C)[C@](C(=O)OC(C)(C)C)(O1)[C@H](OC(=O)/C=C/C(C)CC(C)CC)[C@H]2O)C(OC(C)=O)C(C)Cc1ccccc1. The molecule has 0 aliphatic carbocycles. The summed E-state index contributed by atoms with van der Waals surface area (Å²) in [7, 11) is 0. The molecule has 1 aromatic rings. The van der Waals surface area contributed by atoms with Crippen LogP contribution >= 0.6 is 0 Å². The number of fused-ring (bicyclic) bond motifs is 2. The molecule has 3 rings (SSSR count). The number of allylic oxidation sites excluding steroid dienone is 1. The monoisotopic (exact) mass is 842 g/mol. The molecule has 0 aromatic heterocycles. The lowest BCUT2D eigenvalue weighted by atomic mass is 9.78. The van der Waals surface area contributed by atoms with E-state index in [-0.39, 0.29) is 24.7 Å². The number of aliphatic hydroxyl groups excluding tert-OH is 1. The Kier molecular flexibility index (Phi) is 16.6. The topological polar surface area (TPSA) is 170 Å². The van der Waals surface area contributed by atoms with Crippen LogP contribution in [0.2, 0.25) is 0 Å². The number of benzene rings is 1. The van der Waals surface area contributed by atoms with Crippen LogP contribution in [0.25, 0.3) is 0 Å². The third-order valence-corrected chi connectivity index (χ3v) is 10.3. The van der Waals surface area contributed by atoms with E-state index in [4.69, 9.17) is 33.2 Å². The average Bonchev–Trinajstić information content (AvgIpc) is 3.29. The largest absolute Gasteiger partial charge is 0.460 e. The molecule has 0 amide bonds. The minimum absolute atomic E-state index is 0.0301. The molecule has 0 saturated carbocycles. The molecule has 2 aliphatic heterocycles. The Labute approximate surface area is 356 Å². The van der Waals surface area contributed by atoms with Crippen LogP contribution in [0.3, 0.4) is 0 Å². The minimum Gasteiger partial charge on any atom is -0.460 e. The second kappa shape index (κ2) is 19.8. The second-order valence-electron chi connectivity index (χ2n) is 19.5. The summed E-state index contributed by atoms with van der Waals surface area (Å²) in [6.45, 7) is 28.0. The van der Waals surface area contributed by atoms with Crippen molar-refractivity contribution in [2.24, 2.45) is 23.7 Å². The molecule has 2 heterocycles. The van der Waals surface area contributed by atoms with Crippen molar-refractivity contribution in [2.75, 3.05) is 0 Å². The molecule has 4 unspecified atom stereocenters. The number of ether oxygens (including phenoxy) is 7. The summed E-state index contributed by atoms with van der Waals surface area (Å²) in [5.74, 6) is -9.13. The highest BCUT2D eigenvalue weighted by Gasteiger charge is 2.80. The maximum atomic E-state index is 14.9. The van der Waals surface area contributed by atoms with Crippen molar-refractivity contribution in [1.82, 2.24) is 0 Å². The van der Waals surface area contributed by atoms with E-state index in [2.05, 4.69) is 20.4 Å². The standard InChI is InChI=1S/C47H70O13/c1-16-28(2)26-29(3)22-23-34(49)55-39-38(50)46(25-24-30(4)36(54-32(6)48)31(5)27-33-20-18-17-19-21-33)56-37(41(52)58-44(10,11)12)35(40(51)57-43(7,8)9)47(39,60-46)42(53)59-45(13,14)15/h17-23,28-29,31,35-39,50H,4,16,24-27H2,1-3,5-15H3/b23-22+/t28?,29?,31?,35-,36?,37-,38+,39+,46-,47-/m0/s1. The maximum absolute atomic E-state index is 14.9. The smallest absolute Gasteiger partial charge is 0.344 e. The highest BCUT2D eigenvalue weighted by Crippen LogP contribution is 2.55. The van der Waals surface area contributed by atoms with Gasteiger partial charge < -0.3 is 38.3 Å². The molecule has 0 spiro atoms. The molecule has 13 nitrogen and oxygen atoms in total. The van der Waals surface area contributed by atoms with Gasteiger partial charge in [-0.3, -0.25) is 9.59 Å². The Hall–Kier alpha value is -4.07. The van der Waals surface area contributed by atoms with Crippen LogP contribution in [-0.2, 0) is 63.6 Å². The van der Waals surface area contributed by atoms with E-state index in [0.29, 0.717) is 17.9 Å². The summed E-state index contributed by atoms with van der Waals surface area (Å²) in [6.07, 6.45) is -1.98. The lowest BCUT2D eigenvalue weighted by molar-refractivity contribution is -0.346. The van der Waals surface area contributed by atoms with Gasteiger partial charge in [0, 0.05) is 25.3 Å². The number of carbonyl (C=O) groups excluding carboxylic acids is 5. The number of hydrogen-bond acceptors (Lipinski definition) is 13. The van der Waals surface area contributed by atoms with Gasteiger partial charge in [0.25, 0.3) is 0 Å². The zero-order valence-electron chi connectivity index (χ0n) is 38.2. The van der Waals surface area contributed by atoms with Crippen LogP contribution in [0.1, 0.15) is 128 Å². The summed E-state index contributed by atoms with van der Waals surface area (Å²) >= 11 is 0. The molecule has 1 aromatic carbocycles. The summed E-state index contributed by atoms with van der Waals surface area (Å²) in [6, 6.07) is 9.63. The van der Waals surface area contributed by atoms with Crippen molar-refractivity contribution >= 4 is 29.8 Å². The fourth-order valence-electron chi connectivity index (χ4n) is 7.61. The lowest BCUT2D eigenvalue weighted by Gasteiger charge is -2.47. The number of aliphatic hydroxyl groups is 1. The van der Waals surface area contributed by atoms with Gasteiger partial charge in [-0.15, -0.1) is 0 Å². The third-order valence-electron chi connectivity index (χ3n) is 10.3. The average molecular weight is 843 g/mol. The molecule has 336 valence electrons.